The summed E-state index contributed by atoms with van der Waals surface area (Å²) in [5.74, 6) is 0.447. The third kappa shape index (κ3) is 6.89. The van der Waals surface area contributed by atoms with Crippen LogP contribution in [0.4, 0.5) is 15.0 Å². The van der Waals surface area contributed by atoms with E-state index >= 15 is 0 Å². The molecule has 4 N–H and O–H groups in total. The van der Waals surface area contributed by atoms with Crippen molar-refractivity contribution in [2.75, 3.05) is 45.7 Å². The molecule has 10 heteroatoms. The molecule has 4 rings (SSSR count). The molecule has 0 saturated carbocycles. The number of hydrogen-bond donors (Lipinski definition) is 3. The molecular weight excluding hydrogens is 463 g/mol. The molecule has 0 aliphatic carbocycles. The SMILES string of the molecule is CNC(=O)c1nn(-c2ccccc2)c(NC(N)=O)c1C.COCCN1CCC(c2ccc(F)cc2)C1. The monoisotopic (exact) mass is 496 g/mol. The van der Waals surface area contributed by atoms with Gasteiger partial charge >= 0.3 is 6.03 Å². The number of aromatic nitrogens is 2. The van der Waals surface area contributed by atoms with Crippen molar-refractivity contribution in [2.45, 2.75) is 19.3 Å². The lowest BCUT2D eigenvalue weighted by atomic mass is 9.99. The molecule has 0 bridgehead atoms. The zero-order valence-corrected chi connectivity index (χ0v) is 20.8. The van der Waals surface area contributed by atoms with E-state index in [4.69, 9.17) is 10.5 Å². The number of rotatable bonds is 7. The summed E-state index contributed by atoms with van der Waals surface area (Å²) in [5, 5.41) is 9.25. The average molecular weight is 497 g/mol. The number of nitrogens with two attached hydrogens (primary N) is 1. The summed E-state index contributed by atoms with van der Waals surface area (Å²) in [6.07, 6.45) is 1.16. The molecule has 3 aromatic rings. The van der Waals surface area contributed by atoms with E-state index in [0.29, 0.717) is 17.3 Å². The minimum absolute atomic E-state index is 0.155. The van der Waals surface area contributed by atoms with Gasteiger partial charge in [-0.1, -0.05) is 30.3 Å². The quantitative estimate of drug-likeness (QED) is 0.464. The van der Waals surface area contributed by atoms with Crippen LogP contribution in [0.5, 0.6) is 0 Å². The number of urea groups is 1. The molecule has 2 heterocycles. The van der Waals surface area contributed by atoms with Crippen molar-refractivity contribution in [1.29, 1.82) is 0 Å². The number of ether oxygens (including phenoxy) is 1. The number of primary amides is 1. The van der Waals surface area contributed by atoms with Crippen molar-refractivity contribution in [3.05, 3.63) is 77.2 Å². The second kappa shape index (κ2) is 12.8. The Bertz CT molecular complexity index is 1150. The highest BCUT2D eigenvalue weighted by Crippen LogP contribution is 2.27. The van der Waals surface area contributed by atoms with Crippen LogP contribution >= 0.6 is 0 Å². The number of halogens is 1. The Morgan fingerprint density at radius 1 is 1.17 bits per heavy atom. The Morgan fingerprint density at radius 2 is 1.86 bits per heavy atom. The summed E-state index contributed by atoms with van der Waals surface area (Å²) in [4.78, 5) is 25.3. The molecule has 9 nitrogen and oxygen atoms in total. The van der Waals surface area contributed by atoms with Crippen LogP contribution in [0.3, 0.4) is 0 Å². The van der Waals surface area contributed by atoms with E-state index in [1.54, 1.807) is 26.2 Å². The van der Waals surface area contributed by atoms with Crippen LogP contribution in [0.15, 0.2) is 54.6 Å². The van der Waals surface area contributed by atoms with Gasteiger partial charge in [0.25, 0.3) is 5.91 Å². The maximum Gasteiger partial charge on any atom is 0.317 e. The molecule has 2 aromatic carbocycles. The first-order valence-electron chi connectivity index (χ1n) is 11.7. The van der Waals surface area contributed by atoms with Crippen LogP contribution in [0, 0.1) is 12.7 Å². The minimum atomic E-state index is -0.714. The standard InChI is InChI=1S/C13H18FNO.C13H15N5O2/c1-16-9-8-15-7-6-12(10-15)11-2-4-13(14)5-3-11;1-8-10(12(19)15-2)17-18(11(8)16-13(14)20)9-6-4-3-5-7-9/h2-5,12H,6-10H2,1H3;3-7H,1-2H3,(H,15,19)(H3,14,16,20). The summed E-state index contributed by atoms with van der Waals surface area (Å²) >= 11 is 0. The first kappa shape index (κ1) is 26.8. The van der Waals surface area contributed by atoms with Crippen molar-refractivity contribution >= 4 is 17.8 Å². The van der Waals surface area contributed by atoms with Gasteiger partial charge in [0.15, 0.2) is 5.69 Å². The van der Waals surface area contributed by atoms with Gasteiger partial charge in [0.1, 0.15) is 11.6 Å². The highest BCUT2D eigenvalue weighted by atomic mass is 19.1. The van der Waals surface area contributed by atoms with E-state index in [9.17, 15) is 14.0 Å². The number of likely N-dealkylation sites (tertiary alicyclic amines) is 1. The highest BCUT2D eigenvalue weighted by molar-refractivity contribution is 5.97. The lowest BCUT2D eigenvalue weighted by molar-refractivity contribution is 0.0957. The number of carbonyl (C=O) groups excluding carboxylic acids is 2. The molecule has 1 aliphatic heterocycles. The lowest BCUT2D eigenvalue weighted by Crippen LogP contribution is -2.24. The van der Waals surface area contributed by atoms with Gasteiger partial charge in [-0.25, -0.2) is 13.9 Å². The van der Waals surface area contributed by atoms with Crippen LogP contribution in [-0.2, 0) is 4.74 Å². The summed E-state index contributed by atoms with van der Waals surface area (Å²) in [7, 11) is 3.25. The largest absolute Gasteiger partial charge is 0.383 e. The molecule has 36 heavy (non-hydrogen) atoms. The molecule has 1 unspecified atom stereocenters. The van der Waals surface area contributed by atoms with E-state index < -0.39 is 6.03 Å². The number of methoxy groups -OCH3 is 1. The topological polar surface area (TPSA) is 115 Å². The van der Waals surface area contributed by atoms with E-state index in [2.05, 4.69) is 20.6 Å². The van der Waals surface area contributed by atoms with Crippen LogP contribution in [0.2, 0.25) is 0 Å². The minimum Gasteiger partial charge on any atom is -0.383 e. The van der Waals surface area contributed by atoms with Crippen molar-refractivity contribution in [1.82, 2.24) is 20.0 Å². The van der Waals surface area contributed by atoms with Crippen LogP contribution in [-0.4, -0.2) is 67.0 Å². The first-order valence-corrected chi connectivity index (χ1v) is 11.7. The fraction of sp³-hybridized carbons (Fsp3) is 0.346. The van der Waals surface area contributed by atoms with Gasteiger partial charge in [-0.3, -0.25) is 10.1 Å². The highest BCUT2D eigenvalue weighted by Gasteiger charge is 2.23. The number of amides is 3. The smallest absolute Gasteiger partial charge is 0.317 e. The lowest BCUT2D eigenvalue weighted by Gasteiger charge is -2.15. The predicted molar refractivity (Wildman–Crippen MR) is 137 cm³/mol. The Balaban J connectivity index is 0.000000205. The molecular formula is C26H33FN6O3. The Hall–Kier alpha value is -3.76. The second-order valence-electron chi connectivity index (χ2n) is 8.47. The predicted octanol–water partition coefficient (Wildman–Crippen LogP) is 3.29. The zero-order chi connectivity index (χ0) is 26.1. The Morgan fingerprint density at radius 3 is 2.47 bits per heavy atom. The average Bonchev–Trinajstić information content (AvgIpc) is 3.48. The number of carbonyl (C=O) groups is 2. The molecule has 1 fully saturated rings. The molecule has 192 valence electrons. The summed E-state index contributed by atoms with van der Waals surface area (Å²) in [5.41, 5.74) is 7.92. The van der Waals surface area contributed by atoms with Gasteiger partial charge < -0.3 is 20.7 Å². The number of benzene rings is 2. The van der Waals surface area contributed by atoms with Gasteiger partial charge in [0, 0.05) is 32.8 Å². The summed E-state index contributed by atoms with van der Waals surface area (Å²) in [6.45, 7) is 5.66. The van der Waals surface area contributed by atoms with E-state index in [1.165, 1.54) is 17.3 Å². The zero-order valence-electron chi connectivity index (χ0n) is 20.8. The maximum atomic E-state index is 12.8. The van der Waals surface area contributed by atoms with E-state index in [0.717, 1.165) is 38.3 Å². The van der Waals surface area contributed by atoms with Crippen molar-refractivity contribution < 1.29 is 18.7 Å². The van der Waals surface area contributed by atoms with Crippen molar-refractivity contribution in [3.63, 3.8) is 0 Å². The number of nitrogens with one attached hydrogen (secondary N) is 2. The Labute approximate surface area is 210 Å². The van der Waals surface area contributed by atoms with Crippen LogP contribution in [0.25, 0.3) is 5.69 Å². The van der Waals surface area contributed by atoms with Gasteiger partial charge in [-0.05, 0) is 55.6 Å². The number of nitrogens with zero attached hydrogens (tertiary/aromatic N) is 3. The molecule has 3 amide bonds. The van der Waals surface area contributed by atoms with Crippen molar-refractivity contribution in [2.24, 2.45) is 5.73 Å². The van der Waals surface area contributed by atoms with E-state index in [-0.39, 0.29) is 17.4 Å². The maximum absolute atomic E-state index is 12.8. The van der Waals surface area contributed by atoms with Crippen molar-refractivity contribution in [3.8, 4) is 5.69 Å². The fourth-order valence-electron chi connectivity index (χ4n) is 4.11. The third-order valence-corrected chi connectivity index (χ3v) is 6.03. The third-order valence-electron chi connectivity index (χ3n) is 6.03. The molecule has 0 spiro atoms. The molecule has 1 atom stereocenters. The number of hydrogen-bond acceptors (Lipinski definition) is 5. The molecule has 1 saturated heterocycles. The molecule has 0 radical (unpaired) electrons. The van der Waals surface area contributed by atoms with Crippen LogP contribution < -0.4 is 16.4 Å². The normalized spacial score (nSPS) is 15.2. The van der Waals surface area contributed by atoms with Gasteiger partial charge in [-0.2, -0.15) is 5.10 Å². The van der Waals surface area contributed by atoms with E-state index in [1.807, 2.05) is 42.5 Å². The summed E-state index contributed by atoms with van der Waals surface area (Å²) < 4.78 is 19.3. The van der Waals surface area contributed by atoms with Crippen LogP contribution in [0.1, 0.15) is 34.0 Å². The molecule has 1 aliphatic rings. The first-order chi connectivity index (χ1) is 17.3. The second-order valence-corrected chi connectivity index (χ2v) is 8.47. The summed E-state index contributed by atoms with van der Waals surface area (Å²) in [6, 6.07) is 15.3. The fourth-order valence-corrected chi connectivity index (χ4v) is 4.11. The number of anilines is 1. The van der Waals surface area contributed by atoms with Gasteiger partial charge in [0.2, 0.25) is 0 Å². The van der Waals surface area contributed by atoms with Gasteiger partial charge in [-0.15, -0.1) is 0 Å². The van der Waals surface area contributed by atoms with Gasteiger partial charge in [0.05, 0.1) is 12.3 Å². The molecule has 1 aromatic heterocycles. The Kier molecular flexibility index (Phi) is 9.54. The number of para-hydroxylation sites is 1.